The van der Waals surface area contributed by atoms with E-state index in [4.69, 9.17) is 4.74 Å². The van der Waals surface area contributed by atoms with Crippen LogP contribution in [0.15, 0.2) is 18.3 Å². The number of hydrogen-bond acceptors (Lipinski definition) is 6. The van der Waals surface area contributed by atoms with Gasteiger partial charge in [0.2, 0.25) is 11.8 Å². The summed E-state index contributed by atoms with van der Waals surface area (Å²) in [5.41, 5.74) is 0.553. The number of hydrogen-bond donors (Lipinski definition) is 0. The Kier molecular flexibility index (Phi) is 6.24. The first-order chi connectivity index (χ1) is 13.1. The molecule has 0 spiro atoms. The maximum Gasteiger partial charge on any atom is 0.227 e. The Morgan fingerprint density at radius 3 is 2.85 bits per heavy atom. The predicted octanol–water partition coefficient (Wildman–Crippen LogP) is 0.487. The van der Waals surface area contributed by atoms with E-state index in [1.54, 1.807) is 30.3 Å². The molecule has 2 fully saturated rings. The highest BCUT2D eigenvalue weighted by Crippen LogP contribution is 2.22. The zero-order valence-corrected chi connectivity index (χ0v) is 15.6. The van der Waals surface area contributed by atoms with Crippen LogP contribution in [0, 0.1) is 17.2 Å². The molecule has 2 amide bonds. The normalized spacial score (nSPS) is 20.5. The number of anilines is 1. The quantitative estimate of drug-likeness (QED) is 0.748. The van der Waals surface area contributed by atoms with Crippen molar-refractivity contribution >= 4 is 17.6 Å². The topological polar surface area (TPSA) is 89.8 Å². The SMILES string of the molecule is COCCN1C[C@@H](C(=O)N2CCN(c3ncccc3C#N)CC2)CCC1=O. The minimum absolute atomic E-state index is 0.0973. The number of likely N-dealkylation sites (tertiary alicyclic amines) is 1. The molecule has 1 atom stereocenters. The fraction of sp³-hybridized carbons (Fsp3) is 0.579. The lowest BCUT2D eigenvalue weighted by Gasteiger charge is -2.39. The van der Waals surface area contributed by atoms with Gasteiger partial charge in [-0.25, -0.2) is 4.98 Å². The number of carbonyl (C=O) groups excluding carboxylic acids is 2. The molecule has 0 bridgehead atoms. The number of pyridine rings is 1. The fourth-order valence-electron chi connectivity index (χ4n) is 3.67. The van der Waals surface area contributed by atoms with Gasteiger partial charge in [-0.05, 0) is 18.6 Å². The number of ether oxygens (including phenoxy) is 1. The highest BCUT2D eigenvalue weighted by atomic mass is 16.5. The zero-order valence-electron chi connectivity index (χ0n) is 15.6. The van der Waals surface area contributed by atoms with Crippen LogP contribution in [-0.2, 0) is 14.3 Å². The van der Waals surface area contributed by atoms with Crippen LogP contribution in [0.3, 0.4) is 0 Å². The smallest absolute Gasteiger partial charge is 0.227 e. The lowest BCUT2D eigenvalue weighted by Crippen LogP contribution is -2.53. The molecular weight excluding hydrogens is 346 g/mol. The van der Waals surface area contributed by atoms with Crippen LogP contribution >= 0.6 is 0 Å². The molecule has 3 heterocycles. The van der Waals surface area contributed by atoms with Crippen molar-refractivity contribution in [1.29, 1.82) is 5.26 Å². The minimum Gasteiger partial charge on any atom is -0.383 e. The van der Waals surface area contributed by atoms with Gasteiger partial charge in [0.05, 0.1) is 18.1 Å². The second-order valence-corrected chi connectivity index (χ2v) is 6.87. The van der Waals surface area contributed by atoms with Crippen LogP contribution < -0.4 is 4.90 Å². The molecule has 3 rings (SSSR count). The molecule has 8 nitrogen and oxygen atoms in total. The van der Waals surface area contributed by atoms with Crippen molar-refractivity contribution in [3.63, 3.8) is 0 Å². The molecule has 0 radical (unpaired) electrons. The summed E-state index contributed by atoms with van der Waals surface area (Å²) in [4.78, 5) is 34.9. The number of nitriles is 1. The molecule has 2 aliphatic heterocycles. The van der Waals surface area contributed by atoms with Crippen LogP contribution in [0.4, 0.5) is 5.82 Å². The van der Waals surface area contributed by atoms with Gasteiger partial charge in [-0.1, -0.05) is 0 Å². The summed E-state index contributed by atoms with van der Waals surface area (Å²) in [5, 5.41) is 9.25. The first-order valence-corrected chi connectivity index (χ1v) is 9.29. The molecule has 0 aliphatic carbocycles. The molecule has 1 aromatic heterocycles. The Bertz CT molecular complexity index is 724. The van der Waals surface area contributed by atoms with E-state index in [0.29, 0.717) is 70.1 Å². The van der Waals surface area contributed by atoms with Crippen LogP contribution in [0.25, 0.3) is 0 Å². The molecule has 2 saturated heterocycles. The summed E-state index contributed by atoms with van der Waals surface area (Å²) >= 11 is 0. The van der Waals surface area contributed by atoms with Crippen molar-refractivity contribution in [3.05, 3.63) is 23.9 Å². The molecule has 0 aromatic carbocycles. The van der Waals surface area contributed by atoms with Gasteiger partial charge in [0, 0.05) is 59.0 Å². The average Bonchev–Trinajstić information content (AvgIpc) is 2.72. The van der Waals surface area contributed by atoms with Gasteiger partial charge in [0.15, 0.2) is 0 Å². The van der Waals surface area contributed by atoms with Crippen molar-refractivity contribution in [3.8, 4) is 6.07 Å². The Labute approximate surface area is 159 Å². The van der Waals surface area contributed by atoms with E-state index in [1.165, 1.54) is 0 Å². The van der Waals surface area contributed by atoms with Gasteiger partial charge >= 0.3 is 0 Å². The van der Waals surface area contributed by atoms with E-state index in [-0.39, 0.29) is 17.7 Å². The molecule has 0 N–H and O–H groups in total. The summed E-state index contributed by atoms with van der Waals surface area (Å²) in [6, 6.07) is 5.68. The number of rotatable bonds is 5. The van der Waals surface area contributed by atoms with Crippen molar-refractivity contribution in [2.24, 2.45) is 5.92 Å². The Morgan fingerprint density at radius 1 is 1.37 bits per heavy atom. The number of amides is 2. The third-order valence-electron chi connectivity index (χ3n) is 5.21. The summed E-state index contributed by atoms with van der Waals surface area (Å²) in [7, 11) is 1.61. The molecule has 0 saturated carbocycles. The van der Waals surface area contributed by atoms with E-state index in [0.717, 1.165) is 0 Å². The maximum atomic E-state index is 12.9. The Hall–Kier alpha value is -2.66. The fourth-order valence-corrected chi connectivity index (χ4v) is 3.67. The summed E-state index contributed by atoms with van der Waals surface area (Å²) in [6.07, 6.45) is 2.71. The average molecular weight is 371 g/mol. The zero-order chi connectivity index (χ0) is 19.2. The standard InChI is InChI=1S/C19H25N5O3/c1-27-12-11-24-14-16(4-5-17(24)25)19(26)23-9-7-22(8-10-23)18-15(13-20)3-2-6-21-18/h2-3,6,16H,4-5,7-12,14H2,1H3/t16-/m0/s1. The lowest BCUT2D eigenvalue weighted by molar-refractivity contribution is -0.143. The van der Waals surface area contributed by atoms with Crippen LogP contribution in [-0.4, -0.2) is 79.6 Å². The van der Waals surface area contributed by atoms with E-state index < -0.39 is 0 Å². The van der Waals surface area contributed by atoms with Gasteiger partial charge in [-0.2, -0.15) is 5.26 Å². The highest BCUT2D eigenvalue weighted by Gasteiger charge is 2.34. The molecular formula is C19H25N5O3. The second-order valence-electron chi connectivity index (χ2n) is 6.87. The van der Waals surface area contributed by atoms with Gasteiger partial charge < -0.3 is 19.4 Å². The molecule has 8 heteroatoms. The summed E-state index contributed by atoms with van der Waals surface area (Å²) in [6.45, 7) is 3.98. The van der Waals surface area contributed by atoms with Crippen molar-refractivity contribution in [2.45, 2.75) is 12.8 Å². The third-order valence-corrected chi connectivity index (χ3v) is 5.21. The third kappa shape index (κ3) is 4.37. The number of carbonyl (C=O) groups is 2. The summed E-state index contributed by atoms with van der Waals surface area (Å²) < 4.78 is 5.05. The van der Waals surface area contributed by atoms with Gasteiger partial charge in [-0.3, -0.25) is 9.59 Å². The summed E-state index contributed by atoms with van der Waals surface area (Å²) in [5.74, 6) is 0.753. The molecule has 144 valence electrons. The first-order valence-electron chi connectivity index (χ1n) is 9.29. The van der Waals surface area contributed by atoms with Crippen molar-refractivity contribution < 1.29 is 14.3 Å². The molecule has 0 unspecified atom stereocenters. The van der Waals surface area contributed by atoms with E-state index in [9.17, 15) is 14.9 Å². The largest absolute Gasteiger partial charge is 0.383 e. The minimum atomic E-state index is -0.143. The number of piperidine rings is 1. The number of aromatic nitrogens is 1. The predicted molar refractivity (Wildman–Crippen MR) is 98.9 cm³/mol. The van der Waals surface area contributed by atoms with E-state index >= 15 is 0 Å². The van der Waals surface area contributed by atoms with Crippen LogP contribution in [0.2, 0.25) is 0 Å². The number of piperazine rings is 1. The van der Waals surface area contributed by atoms with E-state index in [1.807, 2.05) is 4.90 Å². The first kappa shape index (κ1) is 19.1. The number of nitrogens with zero attached hydrogens (tertiary/aromatic N) is 5. The molecule has 27 heavy (non-hydrogen) atoms. The Morgan fingerprint density at radius 2 is 2.15 bits per heavy atom. The highest BCUT2D eigenvalue weighted by molar-refractivity contribution is 5.84. The van der Waals surface area contributed by atoms with Gasteiger partial charge in [0.1, 0.15) is 11.9 Å². The maximum absolute atomic E-state index is 12.9. The molecule has 2 aliphatic rings. The monoisotopic (exact) mass is 371 g/mol. The van der Waals surface area contributed by atoms with Gasteiger partial charge in [-0.15, -0.1) is 0 Å². The lowest BCUT2D eigenvalue weighted by atomic mass is 9.95. The van der Waals surface area contributed by atoms with E-state index in [2.05, 4.69) is 16.0 Å². The number of methoxy groups -OCH3 is 1. The van der Waals surface area contributed by atoms with Gasteiger partial charge in [0.25, 0.3) is 0 Å². The molecule has 1 aromatic rings. The van der Waals surface area contributed by atoms with Crippen LogP contribution in [0.1, 0.15) is 18.4 Å². The van der Waals surface area contributed by atoms with Crippen molar-refractivity contribution in [2.75, 3.05) is 57.9 Å². The Balaban J connectivity index is 1.57. The second kappa shape index (κ2) is 8.82. The van der Waals surface area contributed by atoms with Crippen molar-refractivity contribution in [1.82, 2.24) is 14.8 Å². The van der Waals surface area contributed by atoms with Crippen LogP contribution in [0.5, 0.6) is 0 Å².